The lowest BCUT2D eigenvalue weighted by atomic mass is 10.1. The third-order valence-electron chi connectivity index (χ3n) is 4.62. The van der Waals surface area contributed by atoms with E-state index in [1.54, 1.807) is 0 Å². The van der Waals surface area contributed by atoms with Crippen LogP contribution >= 0.6 is 11.6 Å². The van der Waals surface area contributed by atoms with E-state index >= 15 is 0 Å². The van der Waals surface area contributed by atoms with Gasteiger partial charge in [-0.25, -0.2) is 4.90 Å². The maximum absolute atomic E-state index is 13.0. The fourth-order valence-electron chi connectivity index (χ4n) is 3.18. The number of hydrogen-bond acceptors (Lipinski definition) is 4. The maximum Gasteiger partial charge on any atom is 0.417 e. The number of halogens is 4. The minimum Gasteiger partial charge on any atom is -0.304 e. The molecule has 2 heterocycles. The Morgan fingerprint density at radius 2 is 1.76 bits per heavy atom. The van der Waals surface area contributed by atoms with E-state index in [0.717, 1.165) is 30.1 Å². The minimum atomic E-state index is -4.66. The van der Waals surface area contributed by atoms with Crippen molar-refractivity contribution in [2.75, 3.05) is 38.1 Å². The van der Waals surface area contributed by atoms with E-state index in [4.69, 9.17) is 11.6 Å². The highest BCUT2D eigenvalue weighted by Gasteiger charge is 2.44. The lowest BCUT2D eigenvalue weighted by molar-refractivity contribution is -0.137. The van der Waals surface area contributed by atoms with Crippen molar-refractivity contribution in [2.45, 2.75) is 18.6 Å². The zero-order chi connectivity index (χ0) is 18.4. The first-order chi connectivity index (χ1) is 11.7. The molecule has 1 aromatic rings. The molecule has 0 radical (unpaired) electrons. The van der Waals surface area contributed by atoms with Crippen LogP contribution in [0, 0.1) is 0 Å². The smallest absolute Gasteiger partial charge is 0.304 e. The summed E-state index contributed by atoms with van der Waals surface area (Å²) in [5.74, 6) is -0.977. The van der Waals surface area contributed by atoms with Gasteiger partial charge >= 0.3 is 6.18 Å². The van der Waals surface area contributed by atoms with E-state index in [1.165, 1.54) is 6.07 Å². The molecule has 2 fully saturated rings. The number of hydrogen-bond donors (Lipinski definition) is 0. The largest absolute Gasteiger partial charge is 0.417 e. The SMILES string of the molecule is CN1CCN([C@@H]2CC(=O)N(c3ccc(Cl)c(C(F)(F)F)c3)C2=O)CC1. The van der Waals surface area contributed by atoms with Crippen molar-refractivity contribution in [3.63, 3.8) is 0 Å². The molecule has 0 saturated carbocycles. The van der Waals surface area contributed by atoms with Crippen LogP contribution in [0.3, 0.4) is 0 Å². The molecule has 1 atom stereocenters. The molecule has 2 aliphatic heterocycles. The van der Waals surface area contributed by atoms with Gasteiger partial charge in [-0.3, -0.25) is 14.5 Å². The summed E-state index contributed by atoms with van der Waals surface area (Å²) >= 11 is 5.60. The van der Waals surface area contributed by atoms with Gasteiger partial charge in [0.1, 0.15) is 0 Å². The van der Waals surface area contributed by atoms with E-state index in [-0.39, 0.29) is 12.1 Å². The first-order valence-electron chi connectivity index (χ1n) is 7.84. The number of imide groups is 1. The van der Waals surface area contributed by atoms with Crippen LogP contribution in [0.5, 0.6) is 0 Å². The summed E-state index contributed by atoms with van der Waals surface area (Å²) in [6.45, 7) is 2.83. The van der Waals surface area contributed by atoms with Crippen molar-refractivity contribution in [1.82, 2.24) is 9.80 Å². The van der Waals surface area contributed by atoms with Gasteiger partial charge in [0.05, 0.1) is 28.7 Å². The summed E-state index contributed by atoms with van der Waals surface area (Å²) in [6.07, 6.45) is -4.68. The molecule has 0 aromatic heterocycles. The number of anilines is 1. The van der Waals surface area contributed by atoms with E-state index in [0.29, 0.717) is 13.1 Å². The Bertz CT molecular complexity index is 702. The van der Waals surface area contributed by atoms with Crippen molar-refractivity contribution < 1.29 is 22.8 Å². The number of carbonyl (C=O) groups is 2. The van der Waals surface area contributed by atoms with Gasteiger partial charge in [0.25, 0.3) is 5.91 Å². The van der Waals surface area contributed by atoms with E-state index < -0.39 is 34.6 Å². The van der Waals surface area contributed by atoms with E-state index in [2.05, 4.69) is 4.90 Å². The van der Waals surface area contributed by atoms with Crippen LogP contribution in [0.15, 0.2) is 18.2 Å². The Labute approximate surface area is 147 Å². The maximum atomic E-state index is 13.0. The summed E-state index contributed by atoms with van der Waals surface area (Å²) < 4.78 is 39.1. The predicted molar refractivity (Wildman–Crippen MR) is 86.4 cm³/mol. The molecule has 0 spiro atoms. The van der Waals surface area contributed by atoms with Crippen LogP contribution in [-0.2, 0) is 15.8 Å². The molecule has 1 aromatic carbocycles. The first-order valence-corrected chi connectivity index (χ1v) is 8.22. The monoisotopic (exact) mass is 375 g/mol. The molecule has 5 nitrogen and oxygen atoms in total. The Balaban J connectivity index is 1.86. The zero-order valence-corrected chi connectivity index (χ0v) is 14.3. The molecule has 2 saturated heterocycles. The van der Waals surface area contributed by atoms with Gasteiger partial charge in [-0.05, 0) is 25.2 Å². The lowest BCUT2D eigenvalue weighted by Crippen LogP contribution is -2.51. The Morgan fingerprint density at radius 3 is 2.36 bits per heavy atom. The normalized spacial score (nSPS) is 23.6. The van der Waals surface area contributed by atoms with Gasteiger partial charge in [0, 0.05) is 26.2 Å². The average Bonchev–Trinajstić information content (AvgIpc) is 2.83. The number of amides is 2. The summed E-state index contributed by atoms with van der Waals surface area (Å²) in [4.78, 5) is 29.9. The van der Waals surface area contributed by atoms with Gasteiger partial charge in [0.15, 0.2) is 0 Å². The predicted octanol–water partition coefficient (Wildman–Crippen LogP) is 2.24. The second kappa shape index (κ2) is 6.59. The molecule has 0 bridgehead atoms. The number of likely N-dealkylation sites (N-methyl/N-ethyl adjacent to an activating group) is 1. The molecule has 9 heteroatoms. The molecular weight excluding hydrogens is 359 g/mol. The summed E-state index contributed by atoms with van der Waals surface area (Å²) in [6, 6.07) is 2.46. The number of benzene rings is 1. The van der Waals surface area contributed by atoms with E-state index in [1.807, 2.05) is 11.9 Å². The average molecular weight is 376 g/mol. The summed E-state index contributed by atoms with van der Waals surface area (Å²) in [5, 5.41) is -0.467. The topological polar surface area (TPSA) is 43.9 Å². The Morgan fingerprint density at radius 1 is 1.12 bits per heavy atom. The van der Waals surface area contributed by atoms with Crippen LogP contribution in [0.1, 0.15) is 12.0 Å². The van der Waals surface area contributed by atoms with Crippen molar-refractivity contribution >= 4 is 29.1 Å². The number of rotatable bonds is 2. The first kappa shape index (κ1) is 18.2. The molecule has 0 aliphatic carbocycles. The quantitative estimate of drug-likeness (QED) is 0.744. The van der Waals surface area contributed by atoms with Crippen molar-refractivity contribution in [2.24, 2.45) is 0 Å². The summed E-state index contributed by atoms with van der Waals surface area (Å²) in [7, 11) is 1.97. The molecule has 2 aliphatic rings. The highest BCUT2D eigenvalue weighted by Crippen LogP contribution is 2.38. The van der Waals surface area contributed by atoms with Crippen molar-refractivity contribution in [1.29, 1.82) is 0 Å². The number of carbonyl (C=O) groups excluding carboxylic acids is 2. The van der Waals surface area contributed by atoms with Crippen LogP contribution in [0.25, 0.3) is 0 Å². The zero-order valence-electron chi connectivity index (χ0n) is 13.5. The minimum absolute atomic E-state index is 0.0213. The Kier molecular flexibility index (Phi) is 4.78. The highest BCUT2D eigenvalue weighted by molar-refractivity contribution is 6.31. The van der Waals surface area contributed by atoms with Gasteiger partial charge in [0.2, 0.25) is 5.91 Å². The van der Waals surface area contributed by atoms with Gasteiger partial charge in [-0.2, -0.15) is 13.2 Å². The number of nitrogens with zero attached hydrogens (tertiary/aromatic N) is 3. The van der Waals surface area contributed by atoms with E-state index in [9.17, 15) is 22.8 Å². The molecule has 25 heavy (non-hydrogen) atoms. The molecule has 2 amide bonds. The Hall–Kier alpha value is -1.64. The van der Waals surface area contributed by atoms with Crippen LogP contribution in [-0.4, -0.2) is 60.9 Å². The van der Waals surface area contributed by atoms with Crippen molar-refractivity contribution in [3.05, 3.63) is 28.8 Å². The number of piperazine rings is 1. The van der Waals surface area contributed by atoms with Crippen LogP contribution < -0.4 is 4.90 Å². The number of alkyl halides is 3. The third-order valence-corrected chi connectivity index (χ3v) is 4.94. The fraction of sp³-hybridized carbons (Fsp3) is 0.500. The second-order valence-corrected chi connectivity index (χ2v) is 6.70. The van der Waals surface area contributed by atoms with Gasteiger partial charge < -0.3 is 4.90 Å². The molecule has 0 unspecified atom stereocenters. The highest BCUT2D eigenvalue weighted by atomic mass is 35.5. The molecular formula is C16H17ClF3N3O2. The van der Waals surface area contributed by atoms with Crippen molar-refractivity contribution in [3.8, 4) is 0 Å². The lowest BCUT2D eigenvalue weighted by Gasteiger charge is -2.35. The second-order valence-electron chi connectivity index (χ2n) is 6.29. The summed E-state index contributed by atoms with van der Waals surface area (Å²) in [5.41, 5.74) is -1.15. The van der Waals surface area contributed by atoms with Crippen LogP contribution in [0.2, 0.25) is 5.02 Å². The molecule has 0 N–H and O–H groups in total. The van der Waals surface area contributed by atoms with Crippen LogP contribution in [0.4, 0.5) is 18.9 Å². The molecule has 136 valence electrons. The third kappa shape index (κ3) is 3.51. The molecule has 3 rings (SSSR count). The fourth-order valence-corrected chi connectivity index (χ4v) is 3.40. The standard InChI is InChI=1S/C16H17ClF3N3O2/c1-21-4-6-22(7-5-21)13-9-14(24)23(15(13)25)10-2-3-12(17)11(8-10)16(18,19)20/h2-3,8,13H,4-7,9H2,1H3/t13-/m1/s1. The van der Waals surface area contributed by atoms with Gasteiger partial charge in [-0.1, -0.05) is 11.6 Å². The van der Waals surface area contributed by atoms with Gasteiger partial charge in [-0.15, -0.1) is 0 Å².